The van der Waals surface area contributed by atoms with Gasteiger partial charge in [0.05, 0.1) is 5.52 Å². The van der Waals surface area contributed by atoms with Crippen molar-refractivity contribution in [3.05, 3.63) is 176 Å². The van der Waals surface area contributed by atoms with E-state index in [-0.39, 0.29) is 0 Å². The SMILES string of the molecule is c1ccc(-c2c3ccccc3c(-c3cccc(-c4cccc5c6oc7ccccc7c6n(-c6ccccc6)c45)c3)c3ccccc23)cc1. The molecule has 0 aliphatic heterocycles. The minimum atomic E-state index is 0.902. The van der Waals surface area contributed by atoms with Gasteiger partial charge in [0.2, 0.25) is 0 Å². The van der Waals surface area contributed by atoms with Crippen molar-refractivity contribution in [2.45, 2.75) is 0 Å². The molecule has 48 heavy (non-hydrogen) atoms. The molecule has 0 radical (unpaired) electrons. The molecule has 0 spiro atoms. The highest BCUT2D eigenvalue weighted by Crippen LogP contribution is 2.46. The van der Waals surface area contributed by atoms with Crippen molar-refractivity contribution in [3.8, 4) is 39.1 Å². The van der Waals surface area contributed by atoms with Crippen molar-refractivity contribution in [2.75, 3.05) is 0 Å². The fraction of sp³-hybridized carbons (Fsp3) is 0. The summed E-state index contributed by atoms with van der Waals surface area (Å²) in [6.07, 6.45) is 0. The van der Waals surface area contributed by atoms with Crippen molar-refractivity contribution >= 4 is 54.5 Å². The van der Waals surface area contributed by atoms with E-state index in [0.29, 0.717) is 0 Å². The van der Waals surface area contributed by atoms with Crippen molar-refractivity contribution in [3.63, 3.8) is 0 Å². The van der Waals surface area contributed by atoms with Gasteiger partial charge in [-0.3, -0.25) is 0 Å². The molecule has 10 rings (SSSR count). The molecule has 0 atom stereocenters. The molecule has 0 fully saturated rings. The molecule has 0 aliphatic carbocycles. The molecular weight excluding hydrogens is 583 g/mol. The molecule has 0 aliphatic rings. The van der Waals surface area contributed by atoms with Crippen LogP contribution in [0.5, 0.6) is 0 Å². The van der Waals surface area contributed by atoms with Crippen LogP contribution in [0.4, 0.5) is 0 Å². The highest BCUT2D eigenvalue weighted by atomic mass is 16.3. The molecule has 2 nitrogen and oxygen atoms in total. The first-order valence-electron chi connectivity index (χ1n) is 16.4. The lowest BCUT2D eigenvalue weighted by molar-refractivity contribution is 0.673. The van der Waals surface area contributed by atoms with Gasteiger partial charge in [0, 0.05) is 22.0 Å². The average Bonchev–Trinajstić information content (AvgIpc) is 3.69. The van der Waals surface area contributed by atoms with Crippen LogP contribution in [0.15, 0.2) is 180 Å². The zero-order chi connectivity index (χ0) is 31.6. The van der Waals surface area contributed by atoms with Gasteiger partial charge in [-0.15, -0.1) is 0 Å². The minimum Gasteiger partial charge on any atom is -0.454 e. The van der Waals surface area contributed by atoms with Gasteiger partial charge in [-0.05, 0) is 85.8 Å². The van der Waals surface area contributed by atoms with Gasteiger partial charge in [0.15, 0.2) is 5.58 Å². The summed E-state index contributed by atoms with van der Waals surface area (Å²) in [5.41, 5.74) is 12.5. The number of para-hydroxylation sites is 3. The number of nitrogens with zero attached hydrogens (tertiary/aromatic N) is 1. The maximum atomic E-state index is 6.58. The predicted octanol–water partition coefficient (Wildman–Crippen LogP) is 12.8. The van der Waals surface area contributed by atoms with Gasteiger partial charge >= 0.3 is 0 Å². The van der Waals surface area contributed by atoms with E-state index in [2.05, 4.69) is 174 Å². The molecule has 10 aromatic rings. The molecule has 2 heteroatoms. The second kappa shape index (κ2) is 10.6. The van der Waals surface area contributed by atoms with Crippen LogP contribution >= 0.6 is 0 Å². The Morgan fingerprint density at radius 1 is 0.354 bits per heavy atom. The summed E-state index contributed by atoms with van der Waals surface area (Å²) < 4.78 is 8.96. The third-order valence-electron chi connectivity index (χ3n) is 9.77. The Morgan fingerprint density at radius 2 is 0.854 bits per heavy atom. The number of furan rings is 1. The molecule has 224 valence electrons. The Hall–Kier alpha value is -6.38. The molecule has 0 bridgehead atoms. The van der Waals surface area contributed by atoms with Crippen molar-refractivity contribution in [2.24, 2.45) is 0 Å². The van der Waals surface area contributed by atoms with Crippen LogP contribution < -0.4 is 0 Å². The lowest BCUT2D eigenvalue weighted by Crippen LogP contribution is -1.95. The first-order valence-corrected chi connectivity index (χ1v) is 16.4. The standard InChI is InChI=1S/C46H29NO/c1-3-15-30(16-4-1)42-35-21-7-9-23-37(35)43(38-24-10-8-22-36(38)42)32-18-13-17-31(29-32)34-26-14-27-40-44(34)47(33-19-5-2-6-20-33)45-39-25-11-12-28-41(39)48-46(40)45/h1-29H. The summed E-state index contributed by atoms with van der Waals surface area (Å²) in [5, 5.41) is 7.24. The third kappa shape index (κ3) is 3.93. The van der Waals surface area contributed by atoms with E-state index in [1.807, 2.05) is 6.07 Å². The fourth-order valence-electron chi connectivity index (χ4n) is 7.78. The molecule has 8 aromatic carbocycles. The van der Waals surface area contributed by atoms with Crippen LogP contribution in [0.1, 0.15) is 0 Å². The van der Waals surface area contributed by atoms with E-state index in [4.69, 9.17) is 4.42 Å². The summed E-state index contributed by atoms with van der Waals surface area (Å²) in [5.74, 6) is 0. The van der Waals surface area contributed by atoms with Gasteiger partial charge in [0.1, 0.15) is 11.1 Å². The zero-order valence-electron chi connectivity index (χ0n) is 26.1. The summed E-state index contributed by atoms with van der Waals surface area (Å²) in [7, 11) is 0. The smallest absolute Gasteiger partial charge is 0.161 e. The van der Waals surface area contributed by atoms with Gasteiger partial charge in [-0.1, -0.05) is 140 Å². The number of hydrogen-bond donors (Lipinski definition) is 0. The topological polar surface area (TPSA) is 18.1 Å². The van der Waals surface area contributed by atoms with Gasteiger partial charge in [-0.2, -0.15) is 0 Å². The van der Waals surface area contributed by atoms with E-state index < -0.39 is 0 Å². The van der Waals surface area contributed by atoms with Crippen molar-refractivity contribution in [1.82, 2.24) is 4.57 Å². The average molecular weight is 612 g/mol. The molecule has 0 saturated heterocycles. The maximum Gasteiger partial charge on any atom is 0.161 e. The third-order valence-corrected chi connectivity index (χ3v) is 9.77. The van der Waals surface area contributed by atoms with E-state index in [0.717, 1.165) is 38.7 Å². The van der Waals surface area contributed by atoms with Crippen molar-refractivity contribution < 1.29 is 4.42 Å². The maximum absolute atomic E-state index is 6.58. The van der Waals surface area contributed by atoms with Gasteiger partial charge < -0.3 is 8.98 Å². The first-order chi connectivity index (χ1) is 23.8. The zero-order valence-corrected chi connectivity index (χ0v) is 26.1. The quantitative estimate of drug-likeness (QED) is 0.181. The number of rotatable bonds is 4. The van der Waals surface area contributed by atoms with E-state index in [1.165, 1.54) is 54.9 Å². The lowest BCUT2D eigenvalue weighted by atomic mass is 9.85. The molecule has 2 heterocycles. The lowest BCUT2D eigenvalue weighted by Gasteiger charge is -2.18. The molecule has 2 aromatic heterocycles. The Balaban J connectivity index is 1.27. The number of benzene rings is 8. The number of aromatic nitrogens is 1. The van der Waals surface area contributed by atoms with Gasteiger partial charge in [-0.25, -0.2) is 0 Å². The molecule has 0 amide bonds. The Morgan fingerprint density at radius 3 is 1.54 bits per heavy atom. The summed E-state index contributed by atoms with van der Waals surface area (Å²) >= 11 is 0. The first kappa shape index (κ1) is 26.8. The number of hydrogen-bond acceptors (Lipinski definition) is 1. The molecular formula is C46H29NO. The molecule has 0 unspecified atom stereocenters. The van der Waals surface area contributed by atoms with E-state index in [1.54, 1.807) is 0 Å². The van der Waals surface area contributed by atoms with Crippen LogP contribution in [0.3, 0.4) is 0 Å². The second-order valence-corrected chi connectivity index (χ2v) is 12.4. The fourth-order valence-corrected chi connectivity index (χ4v) is 7.78. The summed E-state index contributed by atoms with van der Waals surface area (Å²) in [6, 6.07) is 63.1. The number of fused-ring (bicyclic) bond motifs is 7. The van der Waals surface area contributed by atoms with Crippen LogP contribution in [0.25, 0.3) is 93.6 Å². The Kier molecular flexibility index (Phi) is 5.91. The summed E-state index contributed by atoms with van der Waals surface area (Å²) in [4.78, 5) is 0. The highest BCUT2D eigenvalue weighted by Gasteiger charge is 2.22. The molecule has 0 saturated carbocycles. The van der Waals surface area contributed by atoms with E-state index in [9.17, 15) is 0 Å². The van der Waals surface area contributed by atoms with Crippen LogP contribution in [-0.2, 0) is 0 Å². The Bertz CT molecular complexity index is 2760. The second-order valence-electron chi connectivity index (χ2n) is 12.4. The summed E-state index contributed by atoms with van der Waals surface area (Å²) in [6.45, 7) is 0. The van der Waals surface area contributed by atoms with Crippen LogP contribution in [0.2, 0.25) is 0 Å². The van der Waals surface area contributed by atoms with E-state index >= 15 is 0 Å². The van der Waals surface area contributed by atoms with Crippen LogP contribution in [0, 0.1) is 0 Å². The Labute approximate surface area is 277 Å². The molecule has 0 N–H and O–H groups in total. The van der Waals surface area contributed by atoms with Crippen molar-refractivity contribution in [1.29, 1.82) is 0 Å². The largest absolute Gasteiger partial charge is 0.454 e. The highest BCUT2D eigenvalue weighted by molar-refractivity contribution is 6.22. The van der Waals surface area contributed by atoms with Gasteiger partial charge in [0.25, 0.3) is 0 Å². The minimum absolute atomic E-state index is 0.902. The predicted molar refractivity (Wildman–Crippen MR) is 202 cm³/mol. The normalized spacial score (nSPS) is 11.8. The van der Waals surface area contributed by atoms with Crippen LogP contribution in [-0.4, -0.2) is 4.57 Å². The monoisotopic (exact) mass is 611 g/mol.